The van der Waals surface area contributed by atoms with Gasteiger partial charge in [-0.15, -0.1) is 11.3 Å². The van der Waals surface area contributed by atoms with E-state index in [1.165, 1.54) is 23.5 Å². The van der Waals surface area contributed by atoms with Gasteiger partial charge in [0.1, 0.15) is 11.5 Å². The Labute approximate surface area is 107 Å². The topological polar surface area (TPSA) is 52.1 Å². The van der Waals surface area contributed by atoms with Gasteiger partial charge >= 0.3 is 5.97 Å². The predicted molar refractivity (Wildman–Crippen MR) is 66.0 cm³/mol. The van der Waals surface area contributed by atoms with Crippen LogP contribution in [0.2, 0.25) is 0 Å². The Bertz CT molecular complexity index is 566. The van der Waals surface area contributed by atoms with Gasteiger partial charge in [-0.2, -0.15) is 0 Å². The molecule has 6 heteroatoms. The first-order chi connectivity index (χ1) is 8.61. The number of aromatic nitrogens is 2. The first-order valence-electron chi connectivity index (χ1n) is 5.38. The van der Waals surface area contributed by atoms with Crippen LogP contribution in [0.4, 0.5) is 4.39 Å². The zero-order chi connectivity index (χ0) is 13.1. The molecule has 0 atom stereocenters. The monoisotopic (exact) mass is 266 g/mol. The molecule has 94 valence electrons. The first-order valence-corrected chi connectivity index (χ1v) is 6.20. The highest BCUT2D eigenvalue weighted by molar-refractivity contribution is 7.13. The maximum Gasteiger partial charge on any atom is 0.367 e. The van der Waals surface area contributed by atoms with E-state index >= 15 is 0 Å². The highest BCUT2D eigenvalue weighted by Crippen LogP contribution is 2.26. The molecule has 0 spiro atoms. The van der Waals surface area contributed by atoms with Crippen molar-refractivity contribution >= 4 is 17.3 Å². The van der Waals surface area contributed by atoms with E-state index in [9.17, 15) is 9.18 Å². The van der Waals surface area contributed by atoms with Gasteiger partial charge in [-0.1, -0.05) is 0 Å². The second kappa shape index (κ2) is 5.22. The van der Waals surface area contributed by atoms with Gasteiger partial charge in [-0.25, -0.2) is 14.2 Å². The molecule has 4 nitrogen and oxygen atoms in total. The Morgan fingerprint density at radius 3 is 2.89 bits per heavy atom. The lowest BCUT2D eigenvalue weighted by Gasteiger charge is -1.97. The molecule has 0 bridgehead atoms. The average molecular weight is 266 g/mol. The largest absolute Gasteiger partial charge is 0.461 e. The van der Waals surface area contributed by atoms with Crippen molar-refractivity contribution in [3.8, 4) is 11.4 Å². The predicted octanol–water partition coefficient (Wildman–Crippen LogP) is 2.83. The molecule has 0 aliphatic rings. The fourth-order valence-corrected chi connectivity index (χ4v) is 2.25. The molecule has 2 aromatic heterocycles. The maximum atomic E-state index is 12.8. The van der Waals surface area contributed by atoms with Crippen molar-refractivity contribution in [2.75, 3.05) is 6.61 Å². The van der Waals surface area contributed by atoms with E-state index in [-0.39, 0.29) is 5.01 Å². The van der Waals surface area contributed by atoms with Crippen LogP contribution in [-0.2, 0) is 4.74 Å². The molecule has 0 fully saturated rings. The van der Waals surface area contributed by atoms with Crippen LogP contribution in [0.1, 0.15) is 21.6 Å². The number of thiazole rings is 1. The Morgan fingerprint density at radius 2 is 2.28 bits per heavy atom. The van der Waals surface area contributed by atoms with E-state index in [1.54, 1.807) is 6.92 Å². The third-order valence-corrected chi connectivity index (χ3v) is 3.17. The SMILES string of the molecule is CCOC(=O)c1nc(-c2ccc(F)cn2)c(C)s1. The van der Waals surface area contributed by atoms with Gasteiger partial charge in [0.25, 0.3) is 0 Å². The molecule has 0 radical (unpaired) electrons. The normalized spacial score (nSPS) is 10.4. The number of ether oxygens (including phenoxy) is 1. The van der Waals surface area contributed by atoms with Crippen LogP contribution >= 0.6 is 11.3 Å². The minimum Gasteiger partial charge on any atom is -0.461 e. The second-order valence-corrected chi connectivity index (χ2v) is 4.71. The Kier molecular flexibility index (Phi) is 3.66. The Morgan fingerprint density at radius 1 is 1.50 bits per heavy atom. The van der Waals surface area contributed by atoms with E-state index in [2.05, 4.69) is 9.97 Å². The average Bonchev–Trinajstić information content (AvgIpc) is 2.73. The lowest BCUT2D eigenvalue weighted by Crippen LogP contribution is -2.03. The van der Waals surface area contributed by atoms with Crippen LogP contribution in [0.25, 0.3) is 11.4 Å². The van der Waals surface area contributed by atoms with Crippen LogP contribution in [0.3, 0.4) is 0 Å². The van der Waals surface area contributed by atoms with Crippen molar-refractivity contribution in [3.05, 3.63) is 34.0 Å². The van der Waals surface area contributed by atoms with Crippen molar-refractivity contribution < 1.29 is 13.9 Å². The van der Waals surface area contributed by atoms with E-state index in [0.29, 0.717) is 18.0 Å². The minimum atomic E-state index is -0.445. The molecule has 0 aliphatic carbocycles. The molecule has 18 heavy (non-hydrogen) atoms. The summed E-state index contributed by atoms with van der Waals surface area (Å²) in [5, 5.41) is 0.287. The summed E-state index contributed by atoms with van der Waals surface area (Å²) in [4.78, 5) is 20.5. The Hall–Kier alpha value is -1.82. The molecule has 2 rings (SSSR count). The first kappa shape index (κ1) is 12.6. The van der Waals surface area contributed by atoms with Gasteiger partial charge in [0.15, 0.2) is 0 Å². The molecule has 0 amide bonds. The van der Waals surface area contributed by atoms with Gasteiger partial charge in [0, 0.05) is 4.88 Å². The van der Waals surface area contributed by atoms with E-state index in [4.69, 9.17) is 4.74 Å². The summed E-state index contributed by atoms with van der Waals surface area (Å²) in [6, 6.07) is 2.84. The summed E-state index contributed by atoms with van der Waals surface area (Å²) in [5.74, 6) is -0.851. The van der Waals surface area contributed by atoms with Gasteiger partial charge in [0.2, 0.25) is 5.01 Å². The quantitative estimate of drug-likeness (QED) is 0.802. The van der Waals surface area contributed by atoms with E-state index in [0.717, 1.165) is 11.1 Å². The number of carbonyl (C=O) groups is 1. The summed E-state index contributed by atoms with van der Waals surface area (Å²) in [5.41, 5.74) is 1.13. The fraction of sp³-hybridized carbons (Fsp3) is 0.250. The number of pyridine rings is 1. The van der Waals surface area contributed by atoms with Crippen LogP contribution < -0.4 is 0 Å². The summed E-state index contributed by atoms with van der Waals surface area (Å²) in [7, 11) is 0. The number of hydrogen-bond acceptors (Lipinski definition) is 5. The summed E-state index contributed by atoms with van der Waals surface area (Å²) in [6.45, 7) is 3.88. The minimum absolute atomic E-state index is 0.287. The number of carbonyl (C=O) groups excluding carboxylic acids is 1. The lowest BCUT2D eigenvalue weighted by atomic mass is 10.2. The Balaban J connectivity index is 2.34. The van der Waals surface area contributed by atoms with Crippen LogP contribution in [0, 0.1) is 12.7 Å². The van der Waals surface area contributed by atoms with Gasteiger partial charge in [-0.3, -0.25) is 4.98 Å². The molecule has 0 saturated heterocycles. The van der Waals surface area contributed by atoms with E-state index in [1.807, 2.05) is 6.92 Å². The lowest BCUT2D eigenvalue weighted by molar-refractivity contribution is 0.0526. The third kappa shape index (κ3) is 2.53. The number of rotatable bonds is 3. The molecular weight excluding hydrogens is 255 g/mol. The van der Waals surface area contributed by atoms with Crippen LogP contribution in [0.15, 0.2) is 18.3 Å². The highest BCUT2D eigenvalue weighted by Gasteiger charge is 2.17. The molecular formula is C12H11FN2O2S. The number of hydrogen-bond donors (Lipinski definition) is 0. The van der Waals surface area contributed by atoms with Gasteiger partial charge in [0.05, 0.1) is 18.5 Å². The number of nitrogens with zero attached hydrogens (tertiary/aromatic N) is 2. The second-order valence-electron chi connectivity index (χ2n) is 3.51. The van der Waals surface area contributed by atoms with Crippen molar-refractivity contribution in [1.82, 2.24) is 9.97 Å². The van der Waals surface area contributed by atoms with Crippen LogP contribution in [-0.4, -0.2) is 22.5 Å². The zero-order valence-corrected chi connectivity index (χ0v) is 10.8. The summed E-state index contributed by atoms with van der Waals surface area (Å²) >= 11 is 1.24. The summed E-state index contributed by atoms with van der Waals surface area (Å²) in [6.07, 6.45) is 1.12. The van der Waals surface area contributed by atoms with Crippen molar-refractivity contribution in [2.24, 2.45) is 0 Å². The standard InChI is InChI=1S/C12H11FN2O2S/c1-3-17-12(16)11-15-10(7(2)18-11)9-5-4-8(13)6-14-9/h4-6H,3H2,1-2H3. The maximum absolute atomic E-state index is 12.8. The molecule has 0 aliphatic heterocycles. The van der Waals surface area contributed by atoms with Crippen LogP contribution in [0.5, 0.6) is 0 Å². The zero-order valence-electron chi connectivity index (χ0n) is 9.94. The smallest absolute Gasteiger partial charge is 0.367 e. The molecule has 2 aromatic rings. The number of esters is 1. The van der Waals surface area contributed by atoms with Crippen molar-refractivity contribution in [1.29, 1.82) is 0 Å². The summed E-state index contributed by atoms with van der Waals surface area (Å²) < 4.78 is 17.7. The number of aryl methyl sites for hydroxylation is 1. The molecule has 0 N–H and O–H groups in total. The molecule has 0 saturated carbocycles. The molecule has 2 heterocycles. The fourth-order valence-electron chi connectivity index (χ4n) is 1.43. The van der Waals surface area contributed by atoms with Crippen molar-refractivity contribution in [3.63, 3.8) is 0 Å². The third-order valence-electron chi connectivity index (χ3n) is 2.22. The highest BCUT2D eigenvalue weighted by atomic mass is 32.1. The van der Waals surface area contributed by atoms with E-state index < -0.39 is 11.8 Å². The van der Waals surface area contributed by atoms with Gasteiger partial charge < -0.3 is 4.74 Å². The molecule has 0 unspecified atom stereocenters. The number of halogens is 1. The van der Waals surface area contributed by atoms with Crippen molar-refractivity contribution in [2.45, 2.75) is 13.8 Å². The molecule has 0 aromatic carbocycles. The van der Waals surface area contributed by atoms with Gasteiger partial charge in [-0.05, 0) is 26.0 Å².